The maximum atomic E-state index is 2.40. The van der Waals surface area contributed by atoms with Crippen LogP contribution in [-0.2, 0) is 17.1 Å². The maximum absolute atomic E-state index is 2.40. The first kappa shape index (κ1) is 23.2. The summed E-state index contributed by atoms with van der Waals surface area (Å²) in [6.07, 6.45) is 16.5. The molecule has 2 fully saturated rings. The van der Waals surface area contributed by atoms with E-state index >= 15 is 0 Å². The Balaban J connectivity index is 0. The third-order valence-corrected chi connectivity index (χ3v) is 3.94. The van der Waals surface area contributed by atoms with Crippen LogP contribution in [-0.4, -0.2) is 31.7 Å². The number of quaternary nitrogens is 1. The van der Waals surface area contributed by atoms with Crippen molar-refractivity contribution < 1.29 is 45.5 Å². The topological polar surface area (TPSA) is 0 Å². The molecular formula is C15H21FeI2N. The standard InChI is InChI=1S/C10H16IN.C5H5.Fe.HI/c1-8(12(2,3)4)9-6-5-7-10(9)11;1-2-4-5-3-1;;/h5-8H,1-4H3;1-5H;;1H/q+1;;;/p-1/t8-;;;/m1.../s1. The number of hydrogen-bond acceptors (Lipinski definition) is 0. The summed E-state index contributed by atoms with van der Waals surface area (Å²) in [7, 11) is 6.69. The Bertz CT molecular complexity index is 207. The van der Waals surface area contributed by atoms with Gasteiger partial charge < -0.3 is 28.5 Å². The van der Waals surface area contributed by atoms with Crippen molar-refractivity contribution in [2.45, 2.75) is 13.0 Å². The van der Waals surface area contributed by atoms with Crippen LogP contribution in [0.15, 0.2) is 0 Å². The summed E-state index contributed by atoms with van der Waals surface area (Å²) in [5.41, 5.74) is 0. The molecule has 2 aliphatic rings. The van der Waals surface area contributed by atoms with E-state index < -0.39 is 0 Å². The minimum absolute atomic E-state index is 0. The summed E-state index contributed by atoms with van der Waals surface area (Å²) in [6, 6.07) is 0.576. The van der Waals surface area contributed by atoms with Crippen LogP contribution in [0.2, 0.25) is 0 Å². The van der Waals surface area contributed by atoms with Gasteiger partial charge >= 0.3 is 0 Å². The van der Waals surface area contributed by atoms with E-state index in [4.69, 9.17) is 0 Å². The molecule has 0 amide bonds. The largest absolute Gasteiger partial charge is 1.00 e. The molecule has 19 heavy (non-hydrogen) atoms. The first-order valence-corrected chi connectivity index (χ1v) is 6.89. The first-order valence-electron chi connectivity index (χ1n) is 5.82. The monoisotopic (exact) mass is 525 g/mol. The van der Waals surface area contributed by atoms with Crippen LogP contribution in [0.25, 0.3) is 0 Å². The molecule has 108 valence electrons. The van der Waals surface area contributed by atoms with Crippen LogP contribution in [0.5, 0.6) is 0 Å². The molecule has 10 radical (unpaired) electrons. The smallest absolute Gasteiger partial charge is 0.0937 e. The van der Waals surface area contributed by atoms with Gasteiger partial charge in [0.1, 0.15) is 0 Å². The van der Waals surface area contributed by atoms with Gasteiger partial charge in [-0.25, -0.2) is 0 Å². The van der Waals surface area contributed by atoms with Gasteiger partial charge in [0.2, 0.25) is 0 Å². The Morgan fingerprint density at radius 2 is 1.32 bits per heavy atom. The molecule has 4 heteroatoms. The molecule has 2 rings (SSSR count). The molecule has 0 heterocycles. The summed E-state index contributed by atoms with van der Waals surface area (Å²) in [4.78, 5) is 0. The van der Waals surface area contributed by atoms with Gasteiger partial charge in [-0.05, 0) is 58.3 Å². The molecule has 2 saturated carbocycles. The Hall–Kier alpha value is 1.94. The molecule has 0 unspecified atom stereocenters. The average Bonchev–Trinajstić information content (AvgIpc) is 2.87. The Labute approximate surface area is 162 Å². The molecule has 0 bridgehead atoms. The predicted molar refractivity (Wildman–Crippen MR) is 82.4 cm³/mol. The maximum Gasteiger partial charge on any atom is 0.0937 e. The molecule has 0 saturated heterocycles. The predicted octanol–water partition coefficient (Wildman–Crippen LogP) is 0.272. The zero-order valence-corrected chi connectivity index (χ0v) is 17.2. The second kappa shape index (κ2) is 11.5. The Morgan fingerprint density at radius 1 is 0.895 bits per heavy atom. The summed E-state index contributed by atoms with van der Waals surface area (Å²) < 4.78 is 2.37. The molecule has 0 aromatic rings. The minimum atomic E-state index is 0. The van der Waals surface area contributed by atoms with E-state index in [-0.39, 0.29) is 41.0 Å². The second-order valence-electron chi connectivity index (χ2n) is 5.08. The fraction of sp³-hybridized carbons (Fsp3) is 0.333. The minimum Gasteiger partial charge on any atom is -1.00 e. The fourth-order valence-corrected chi connectivity index (χ4v) is 2.33. The molecule has 0 N–H and O–H groups in total. The Kier molecular flexibility index (Phi) is 14.0. The molecule has 0 aromatic carbocycles. The van der Waals surface area contributed by atoms with E-state index in [0.717, 1.165) is 4.48 Å². The summed E-state index contributed by atoms with van der Waals surface area (Å²) in [6.45, 7) is 2.28. The SMILES string of the molecule is C[C@H]([C]1[CH][CH][CH][C]1I)[N+](C)(C)C.[CH]1[CH][CH][CH][CH]1.[Fe].[I-]. The van der Waals surface area contributed by atoms with Crippen molar-refractivity contribution in [1.82, 2.24) is 0 Å². The van der Waals surface area contributed by atoms with Crippen molar-refractivity contribution in [2.75, 3.05) is 21.1 Å². The van der Waals surface area contributed by atoms with Crippen LogP contribution in [0, 0.1) is 61.2 Å². The van der Waals surface area contributed by atoms with Crippen molar-refractivity contribution in [2.24, 2.45) is 0 Å². The number of hydrogen-bond donors (Lipinski definition) is 0. The van der Waals surface area contributed by atoms with Gasteiger partial charge in [-0.1, -0.05) is 22.6 Å². The van der Waals surface area contributed by atoms with E-state index in [1.807, 2.05) is 32.1 Å². The quantitative estimate of drug-likeness (QED) is 0.276. The normalized spacial score (nSPS) is 21.9. The van der Waals surface area contributed by atoms with Crippen molar-refractivity contribution in [1.29, 1.82) is 0 Å². The van der Waals surface area contributed by atoms with Gasteiger partial charge in [0.25, 0.3) is 0 Å². The average molecular weight is 525 g/mol. The van der Waals surface area contributed by atoms with Crippen LogP contribution < -0.4 is 24.0 Å². The third kappa shape index (κ3) is 8.84. The molecule has 0 aromatic heterocycles. The molecule has 1 nitrogen and oxygen atoms in total. The molecule has 2 aliphatic carbocycles. The third-order valence-electron chi connectivity index (χ3n) is 2.96. The van der Waals surface area contributed by atoms with Crippen LogP contribution in [0.3, 0.4) is 0 Å². The van der Waals surface area contributed by atoms with Crippen molar-refractivity contribution >= 4 is 22.6 Å². The van der Waals surface area contributed by atoms with Gasteiger partial charge in [-0.2, -0.15) is 0 Å². The Morgan fingerprint density at radius 3 is 1.58 bits per heavy atom. The van der Waals surface area contributed by atoms with E-state index in [0.29, 0.717) is 6.04 Å². The zero-order valence-electron chi connectivity index (χ0n) is 11.8. The molecule has 0 aliphatic heterocycles. The first-order chi connectivity index (χ1) is 7.93. The summed E-state index contributed by atoms with van der Waals surface area (Å²) in [5, 5.41) is 0. The second-order valence-corrected chi connectivity index (χ2v) is 6.25. The molecular weight excluding hydrogens is 504 g/mol. The molecule has 1 atom stereocenters. The van der Waals surface area contributed by atoms with Crippen LogP contribution in [0.4, 0.5) is 0 Å². The van der Waals surface area contributed by atoms with Gasteiger partial charge in [0.15, 0.2) is 0 Å². The fourth-order valence-electron chi connectivity index (χ4n) is 1.49. The van der Waals surface area contributed by atoms with E-state index in [1.54, 1.807) is 0 Å². The number of nitrogens with zero attached hydrogens (tertiary/aromatic N) is 1. The summed E-state index contributed by atoms with van der Waals surface area (Å²) >= 11 is 2.40. The van der Waals surface area contributed by atoms with Crippen molar-refractivity contribution in [3.8, 4) is 0 Å². The van der Waals surface area contributed by atoms with Crippen molar-refractivity contribution in [3.63, 3.8) is 0 Å². The van der Waals surface area contributed by atoms with Gasteiger partial charge in [-0.15, -0.1) is 0 Å². The van der Waals surface area contributed by atoms with Gasteiger partial charge in [-0.3, -0.25) is 0 Å². The van der Waals surface area contributed by atoms with Gasteiger partial charge in [0, 0.05) is 17.1 Å². The van der Waals surface area contributed by atoms with Crippen LogP contribution in [0.1, 0.15) is 6.92 Å². The van der Waals surface area contributed by atoms with E-state index in [2.05, 4.69) is 69.9 Å². The molecule has 0 spiro atoms. The van der Waals surface area contributed by atoms with Gasteiger partial charge in [0.05, 0.1) is 37.0 Å². The number of rotatable bonds is 2. The van der Waals surface area contributed by atoms with Crippen LogP contribution >= 0.6 is 22.6 Å². The summed E-state index contributed by atoms with van der Waals surface area (Å²) in [5.74, 6) is 1.46. The zero-order chi connectivity index (χ0) is 12.9. The van der Waals surface area contributed by atoms with Crippen molar-refractivity contribution in [3.05, 3.63) is 61.2 Å². The van der Waals surface area contributed by atoms with E-state index in [1.165, 1.54) is 9.84 Å². The number of halogens is 2. The van der Waals surface area contributed by atoms with E-state index in [9.17, 15) is 0 Å².